The summed E-state index contributed by atoms with van der Waals surface area (Å²) in [6.45, 7) is 3.77. The van der Waals surface area contributed by atoms with Gasteiger partial charge in [0.2, 0.25) is 5.82 Å². The molecule has 6 nitrogen and oxygen atoms in total. The molecule has 0 saturated heterocycles. The van der Waals surface area contributed by atoms with Gasteiger partial charge in [-0.3, -0.25) is 9.78 Å². The van der Waals surface area contributed by atoms with E-state index >= 15 is 0 Å². The molecule has 0 fully saturated rings. The van der Waals surface area contributed by atoms with Gasteiger partial charge >= 0.3 is 5.69 Å². The number of hydrogen-bond acceptors (Lipinski definition) is 3. The standard InChI is InChI=1S/C17H15ClN4O2/c1-10-8-11(2)14(13(18)9-10)19-16(23)15-20-17(24)22(21-15)12-6-4-3-5-7-12/h3-9H,1-2H3,(H,19,23)(H,20,21,24). The van der Waals surface area contributed by atoms with Gasteiger partial charge in [-0.15, -0.1) is 5.10 Å². The zero-order valence-electron chi connectivity index (χ0n) is 13.1. The van der Waals surface area contributed by atoms with Crippen LogP contribution in [0.3, 0.4) is 0 Å². The second-order valence-corrected chi connectivity index (χ2v) is 5.83. The molecule has 0 radical (unpaired) electrons. The summed E-state index contributed by atoms with van der Waals surface area (Å²) < 4.78 is 1.14. The van der Waals surface area contributed by atoms with Crippen molar-refractivity contribution in [2.24, 2.45) is 0 Å². The molecule has 2 aromatic carbocycles. The van der Waals surface area contributed by atoms with E-state index < -0.39 is 11.6 Å². The minimum absolute atomic E-state index is 0.0834. The van der Waals surface area contributed by atoms with Crippen molar-refractivity contribution in [1.29, 1.82) is 0 Å². The van der Waals surface area contributed by atoms with Crippen molar-refractivity contribution in [3.8, 4) is 5.69 Å². The fraction of sp³-hybridized carbons (Fsp3) is 0.118. The summed E-state index contributed by atoms with van der Waals surface area (Å²) in [7, 11) is 0. The van der Waals surface area contributed by atoms with Gasteiger partial charge in [-0.2, -0.15) is 4.68 Å². The van der Waals surface area contributed by atoms with Gasteiger partial charge in [0.1, 0.15) is 0 Å². The second-order valence-electron chi connectivity index (χ2n) is 5.42. The molecule has 0 aliphatic rings. The molecule has 24 heavy (non-hydrogen) atoms. The molecule has 1 amide bonds. The van der Waals surface area contributed by atoms with Gasteiger partial charge in [-0.1, -0.05) is 35.9 Å². The van der Waals surface area contributed by atoms with Gasteiger partial charge in [0.25, 0.3) is 5.91 Å². The van der Waals surface area contributed by atoms with Crippen molar-refractivity contribution < 1.29 is 4.79 Å². The molecule has 0 aliphatic carbocycles. The Kier molecular flexibility index (Phi) is 4.22. The van der Waals surface area contributed by atoms with E-state index in [9.17, 15) is 9.59 Å². The Morgan fingerprint density at radius 1 is 1.21 bits per heavy atom. The Hall–Kier alpha value is -2.86. The topological polar surface area (TPSA) is 79.8 Å². The van der Waals surface area contributed by atoms with E-state index in [-0.39, 0.29) is 5.82 Å². The van der Waals surface area contributed by atoms with Gasteiger partial charge in [-0.25, -0.2) is 4.79 Å². The molecule has 0 aliphatic heterocycles. The predicted octanol–water partition coefficient (Wildman–Crippen LogP) is 3.08. The number of aryl methyl sites for hydroxylation is 2. The van der Waals surface area contributed by atoms with Gasteiger partial charge in [0.15, 0.2) is 0 Å². The van der Waals surface area contributed by atoms with Crippen LogP contribution in [0.15, 0.2) is 47.3 Å². The number of H-pyrrole nitrogens is 1. The first-order chi connectivity index (χ1) is 11.5. The minimum Gasteiger partial charge on any atom is -0.318 e. The Bertz CT molecular complexity index is 937. The van der Waals surface area contributed by atoms with E-state index in [0.717, 1.165) is 15.8 Å². The smallest absolute Gasteiger partial charge is 0.318 e. The highest BCUT2D eigenvalue weighted by molar-refractivity contribution is 6.34. The lowest BCUT2D eigenvalue weighted by Crippen LogP contribution is -2.16. The molecule has 1 aromatic heterocycles. The molecule has 0 bridgehead atoms. The number of anilines is 1. The maximum absolute atomic E-state index is 12.4. The number of nitrogens with one attached hydrogen (secondary N) is 2. The summed E-state index contributed by atoms with van der Waals surface area (Å²) in [6, 6.07) is 12.5. The maximum atomic E-state index is 12.4. The number of hydrogen-bond donors (Lipinski definition) is 2. The number of carbonyl (C=O) groups excluding carboxylic acids is 1. The first-order valence-corrected chi connectivity index (χ1v) is 7.66. The SMILES string of the molecule is Cc1cc(C)c(NC(=O)c2nn(-c3ccccc3)c(=O)[nH]2)c(Cl)c1. The van der Waals surface area contributed by atoms with E-state index in [1.807, 2.05) is 26.0 Å². The molecule has 1 heterocycles. The van der Waals surface area contributed by atoms with Crippen LogP contribution in [0.5, 0.6) is 0 Å². The van der Waals surface area contributed by atoms with E-state index in [2.05, 4.69) is 15.4 Å². The lowest BCUT2D eigenvalue weighted by atomic mass is 10.1. The fourth-order valence-electron chi connectivity index (χ4n) is 2.42. The molecule has 0 spiro atoms. The van der Waals surface area contributed by atoms with Crippen molar-refractivity contribution >= 4 is 23.2 Å². The monoisotopic (exact) mass is 342 g/mol. The van der Waals surface area contributed by atoms with Crippen molar-refractivity contribution in [1.82, 2.24) is 14.8 Å². The van der Waals surface area contributed by atoms with Gasteiger partial charge in [0.05, 0.1) is 16.4 Å². The third-order valence-electron chi connectivity index (χ3n) is 3.50. The normalized spacial score (nSPS) is 10.6. The molecule has 7 heteroatoms. The number of aromatic nitrogens is 3. The lowest BCUT2D eigenvalue weighted by Gasteiger charge is -2.10. The molecule has 122 valence electrons. The van der Waals surface area contributed by atoms with Crippen LogP contribution in [0.1, 0.15) is 21.7 Å². The summed E-state index contributed by atoms with van der Waals surface area (Å²) in [4.78, 5) is 26.9. The van der Waals surface area contributed by atoms with Crippen molar-refractivity contribution in [3.63, 3.8) is 0 Å². The number of amides is 1. The summed E-state index contributed by atoms with van der Waals surface area (Å²) in [6.07, 6.45) is 0. The molecule has 3 rings (SSSR count). The number of benzene rings is 2. The quantitative estimate of drug-likeness (QED) is 0.767. The number of aromatic amines is 1. The van der Waals surface area contributed by atoms with Crippen LogP contribution in [0.25, 0.3) is 5.69 Å². The molecule has 3 aromatic rings. The number of para-hydroxylation sites is 1. The molecule has 0 saturated carbocycles. The second kappa shape index (κ2) is 6.33. The Morgan fingerprint density at radius 3 is 2.58 bits per heavy atom. The minimum atomic E-state index is -0.532. The first kappa shape index (κ1) is 16.0. The first-order valence-electron chi connectivity index (χ1n) is 7.28. The van der Waals surface area contributed by atoms with Crippen molar-refractivity contribution in [2.45, 2.75) is 13.8 Å². The number of nitrogens with zero attached hydrogens (tertiary/aromatic N) is 2. The predicted molar refractivity (Wildman–Crippen MR) is 93.1 cm³/mol. The van der Waals surface area contributed by atoms with E-state index in [4.69, 9.17) is 11.6 Å². The molecular formula is C17H15ClN4O2. The highest BCUT2D eigenvalue weighted by Gasteiger charge is 2.16. The summed E-state index contributed by atoms with van der Waals surface area (Å²) >= 11 is 6.19. The molecule has 0 atom stereocenters. The van der Waals surface area contributed by atoms with E-state index in [1.165, 1.54) is 0 Å². The van der Waals surface area contributed by atoms with Gasteiger partial charge in [0, 0.05) is 0 Å². The van der Waals surface area contributed by atoms with Crippen LogP contribution < -0.4 is 11.0 Å². The Balaban J connectivity index is 1.91. The Labute approximate surface area is 143 Å². The molecule has 0 unspecified atom stereocenters. The van der Waals surface area contributed by atoms with Crippen LogP contribution >= 0.6 is 11.6 Å². The fourth-order valence-corrected chi connectivity index (χ4v) is 2.79. The number of halogens is 1. The zero-order chi connectivity index (χ0) is 17.3. The average Bonchev–Trinajstić information content (AvgIpc) is 2.93. The number of rotatable bonds is 3. The van der Waals surface area contributed by atoms with E-state index in [1.54, 1.807) is 30.3 Å². The highest BCUT2D eigenvalue weighted by Crippen LogP contribution is 2.27. The molecule has 2 N–H and O–H groups in total. The van der Waals surface area contributed by atoms with E-state index in [0.29, 0.717) is 16.4 Å². The summed E-state index contributed by atoms with van der Waals surface area (Å²) in [5.41, 5.74) is 2.42. The third kappa shape index (κ3) is 3.09. The highest BCUT2D eigenvalue weighted by atomic mass is 35.5. The van der Waals surface area contributed by atoms with Crippen LogP contribution in [0.2, 0.25) is 5.02 Å². The van der Waals surface area contributed by atoms with Gasteiger partial charge < -0.3 is 5.32 Å². The lowest BCUT2D eigenvalue weighted by molar-refractivity contribution is 0.101. The zero-order valence-corrected chi connectivity index (χ0v) is 13.9. The van der Waals surface area contributed by atoms with Crippen LogP contribution in [-0.2, 0) is 0 Å². The van der Waals surface area contributed by atoms with Gasteiger partial charge in [-0.05, 0) is 43.2 Å². The number of carbonyl (C=O) groups is 1. The largest absolute Gasteiger partial charge is 0.348 e. The maximum Gasteiger partial charge on any atom is 0.348 e. The summed E-state index contributed by atoms with van der Waals surface area (Å²) in [5.74, 6) is -0.615. The van der Waals surface area contributed by atoms with Crippen LogP contribution in [0, 0.1) is 13.8 Å². The summed E-state index contributed by atoms with van der Waals surface area (Å²) in [5, 5.41) is 7.18. The third-order valence-corrected chi connectivity index (χ3v) is 3.80. The van der Waals surface area contributed by atoms with Crippen molar-refractivity contribution in [2.75, 3.05) is 5.32 Å². The molecular weight excluding hydrogens is 328 g/mol. The Morgan fingerprint density at radius 2 is 1.92 bits per heavy atom. The van der Waals surface area contributed by atoms with Crippen LogP contribution in [0.4, 0.5) is 5.69 Å². The van der Waals surface area contributed by atoms with Crippen molar-refractivity contribution in [3.05, 3.63) is 74.9 Å². The van der Waals surface area contributed by atoms with Crippen LogP contribution in [-0.4, -0.2) is 20.7 Å². The average molecular weight is 343 g/mol.